The van der Waals surface area contributed by atoms with Crippen LogP contribution in [0, 0.1) is 5.92 Å². The summed E-state index contributed by atoms with van der Waals surface area (Å²) < 4.78 is 3.79. The minimum absolute atomic E-state index is 0.0960. The molecule has 0 spiro atoms. The largest absolute Gasteiger partial charge is 0.355 e. The first-order valence-corrected chi connectivity index (χ1v) is 18.7. The SMILES string of the molecule is CCNC(=O)[C@@H](NC(=O)[C@H](C)NC[C@H](Cc1ccsc1)NC(=O)c1cc(C(=O)N[C@H](C)c2cccc(Cl)c2)cc(N(C)SN(C)C)c1)C(C)C. The Morgan fingerprint density at radius 3 is 2.14 bits per heavy atom. The number of carbonyl (C=O) groups excluding carboxylic acids is 4. The molecule has 0 unspecified atom stereocenters. The zero-order chi connectivity index (χ0) is 37.0. The number of hydrogen-bond acceptors (Lipinski definition) is 9. The van der Waals surface area contributed by atoms with Gasteiger partial charge in [0.2, 0.25) is 11.8 Å². The normalized spacial score (nSPS) is 13.7. The van der Waals surface area contributed by atoms with Crippen LogP contribution in [-0.4, -0.2) is 80.3 Å². The van der Waals surface area contributed by atoms with E-state index in [9.17, 15) is 19.2 Å². The second-order valence-electron chi connectivity index (χ2n) is 12.7. The number of halogens is 1. The van der Waals surface area contributed by atoms with Crippen LogP contribution in [-0.2, 0) is 16.0 Å². The van der Waals surface area contributed by atoms with Crippen LogP contribution in [0.3, 0.4) is 0 Å². The molecule has 0 aliphatic heterocycles. The molecular formula is C36H50ClN7O4S2. The third-order valence-electron chi connectivity index (χ3n) is 7.85. The molecule has 272 valence electrons. The molecule has 0 saturated heterocycles. The molecule has 4 atom stereocenters. The van der Waals surface area contributed by atoms with Gasteiger partial charge in [0.05, 0.1) is 12.1 Å². The molecule has 0 fully saturated rings. The van der Waals surface area contributed by atoms with Crippen molar-refractivity contribution in [3.8, 4) is 0 Å². The summed E-state index contributed by atoms with van der Waals surface area (Å²) >= 11 is 9.16. The van der Waals surface area contributed by atoms with Crippen LogP contribution < -0.4 is 30.9 Å². The smallest absolute Gasteiger partial charge is 0.251 e. The number of amides is 4. The molecule has 5 N–H and O–H groups in total. The summed E-state index contributed by atoms with van der Waals surface area (Å²) in [6.45, 7) is 9.95. The number of likely N-dealkylation sites (N-methyl/N-ethyl adjacent to an activating group) is 1. The summed E-state index contributed by atoms with van der Waals surface area (Å²) in [6, 6.07) is 12.4. The van der Waals surface area contributed by atoms with Gasteiger partial charge >= 0.3 is 0 Å². The lowest BCUT2D eigenvalue weighted by atomic mass is 10.0. The highest BCUT2D eigenvalue weighted by Crippen LogP contribution is 2.26. The van der Waals surface area contributed by atoms with E-state index in [1.807, 2.05) is 86.4 Å². The number of nitrogens with zero attached hydrogens (tertiary/aromatic N) is 2. The lowest BCUT2D eigenvalue weighted by molar-refractivity contribution is -0.130. The van der Waals surface area contributed by atoms with Gasteiger partial charge in [-0.1, -0.05) is 37.6 Å². The summed E-state index contributed by atoms with van der Waals surface area (Å²) in [4.78, 5) is 53.1. The van der Waals surface area contributed by atoms with E-state index >= 15 is 0 Å². The van der Waals surface area contributed by atoms with E-state index in [0.717, 1.165) is 11.1 Å². The van der Waals surface area contributed by atoms with Crippen molar-refractivity contribution in [1.82, 2.24) is 30.9 Å². The molecule has 0 aliphatic carbocycles. The van der Waals surface area contributed by atoms with Crippen molar-refractivity contribution in [1.29, 1.82) is 0 Å². The number of thiophene rings is 1. The highest BCUT2D eigenvalue weighted by molar-refractivity contribution is 7.98. The Bertz CT molecular complexity index is 1590. The lowest BCUT2D eigenvalue weighted by Crippen LogP contribution is -2.55. The van der Waals surface area contributed by atoms with Gasteiger partial charge in [-0.3, -0.25) is 19.2 Å². The fraction of sp³-hybridized carbons (Fsp3) is 0.444. The first kappa shape index (κ1) is 40.8. The molecular weight excluding hydrogens is 694 g/mol. The van der Waals surface area contributed by atoms with Crippen molar-refractivity contribution in [3.63, 3.8) is 0 Å². The van der Waals surface area contributed by atoms with Crippen molar-refractivity contribution in [2.45, 2.75) is 65.2 Å². The molecule has 1 aromatic heterocycles. The molecule has 0 saturated carbocycles. The molecule has 0 bridgehead atoms. The third-order valence-corrected chi connectivity index (χ3v) is 9.60. The van der Waals surface area contributed by atoms with E-state index in [-0.39, 0.29) is 42.1 Å². The topological polar surface area (TPSA) is 135 Å². The van der Waals surface area contributed by atoms with Crippen molar-refractivity contribution in [3.05, 3.63) is 86.6 Å². The number of benzene rings is 2. The number of hydrogen-bond donors (Lipinski definition) is 5. The number of rotatable bonds is 18. The third kappa shape index (κ3) is 12.6. The minimum atomic E-state index is -0.663. The Balaban J connectivity index is 1.82. The molecule has 1 heterocycles. The van der Waals surface area contributed by atoms with Gasteiger partial charge in [0.15, 0.2) is 0 Å². The van der Waals surface area contributed by atoms with Crippen LogP contribution >= 0.6 is 35.1 Å². The Morgan fingerprint density at radius 1 is 0.880 bits per heavy atom. The number of carbonyl (C=O) groups is 4. The van der Waals surface area contributed by atoms with Crippen molar-refractivity contribution < 1.29 is 19.2 Å². The van der Waals surface area contributed by atoms with Crippen LogP contribution in [0.5, 0.6) is 0 Å². The maximum absolute atomic E-state index is 13.9. The van der Waals surface area contributed by atoms with E-state index < -0.39 is 18.1 Å². The van der Waals surface area contributed by atoms with Crippen molar-refractivity contribution >= 4 is 64.4 Å². The average Bonchev–Trinajstić information content (AvgIpc) is 3.58. The van der Waals surface area contributed by atoms with Crippen molar-refractivity contribution in [2.75, 3.05) is 38.5 Å². The molecule has 50 heavy (non-hydrogen) atoms. The standard InChI is InChI=1S/C36H50ClN7O4S2/c1-9-38-36(48)32(22(2)3)42-33(45)24(5)39-20-30(15-25-13-14-49-21-25)41-35(47)28-16-27(18-31(19-28)44(8)50-43(6)7)34(46)40-23(4)26-11-10-12-29(37)17-26/h10-14,16-19,21-24,30,32,39H,9,15,20H2,1-8H3,(H,38,48)(H,40,46)(H,41,47)(H,42,45)/t23-,24+,30+,32+/m1/s1. The summed E-state index contributed by atoms with van der Waals surface area (Å²) in [5.74, 6) is -1.33. The van der Waals surface area contributed by atoms with Gasteiger partial charge in [-0.2, -0.15) is 11.3 Å². The molecule has 0 aliphatic rings. The first-order valence-electron chi connectivity index (χ1n) is 16.6. The van der Waals surface area contributed by atoms with Gasteiger partial charge < -0.3 is 30.9 Å². The molecule has 3 rings (SSSR count). The summed E-state index contributed by atoms with van der Waals surface area (Å²) in [7, 11) is 5.68. The molecule has 14 heteroatoms. The second kappa shape index (κ2) is 19.7. The zero-order valence-electron chi connectivity index (χ0n) is 30.0. The van der Waals surface area contributed by atoms with Gasteiger partial charge in [-0.25, -0.2) is 4.31 Å². The summed E-state index contributed by atoms with van der Waals surface area (Å²) in [5, 5.41) is 19.6. The van der Waals surface area contributed by atoms with E-state index in [2.05, 4.69) is 26.6 Å². The van der Waals surface area contributed by atoms with Crippen LogP contribution in [0.25, 0.3) is 0 Å². The Kier molecular flexibility index (Phi) is 16.1. The van der Waals surface area contributed by atoms with E-state index in [0.29, 0.717) is 34.8 Å². The van der Waals surface area contributed by atoms with Gasteiger partial charge in [0.1, 0.15) is 6.04 Å². The summed E-state index contributed by atoms with van der Waals surface area (Å²) in [6.07, 6.45) is 0.519. The van der Waals surface area contributed by atoms with Gasteiger partial charge in [-0.05, 0) is 105 Å². The Labute approximate surface area is 309 Å². The molecule has 4 amide bonds. The second-order valence-corrected chi connectivity index (χ2v) is 15.3. The fourth-order valence-corrected chi connectivity index (χ4v) is 6.70. The van der Waals surface area contributed by atoms with Crippen LogP contribution in [0.15, 0.2) is 59.3 Å². The van der Waals surface area contributed by atoms with Gasteiger partial charge in [0, 0.05) is 60.1 Å². The highest BCUT2D eigenvalue weighted by Gasteiger charge is 2.27. The van der Waals surface area contributed by atoms with E-state index in [4.69, 9.17) is 11.6 Å². The molecule has 11 nitrogen and oxygen atoms in total. The molecule has 3 aromatic rings. The van der Waals surface area contributed by atoms with Crippen molar-refractivity contribution in [2.24, 2.45) is 5.92 Å². The zero-order valence-corrected chi connectivity index (χ0v) is 32.4. The van der Waals surface area contributed by atoms with E-state index in [1.54, 1.807) is 48.6 Å². The minimum Gasteiger partial charge on any atom is -0.355 e. The van der Waals surface area contributed by atoms with Crippen LogP contribution in [0.4, 0.5) is 5.69 Å². The average molecular weight is 744 g/mol. The Hall–Kier alpha value is -3.62. The predicted octanol–water partition coefficient (Wildman–Crippen LogP) is 5.05. The lowest BCUT2D eigenvalue weighted by Gasteiger charge is -2.26. The highest BCUT2D eigenvalue weighted by atomic mass is 35.5. The molecule has 2 aromatic carbocycles. The van der Waals surface area contributed by atoms with Crippen LogP contribution in [0.1, 0.15) is 72.5 Å². The monoisotopic (exact) mass is 743 g/mol. The molecule has 0 radical (unpaired) electrons. The summed E-state index contributed by atoms with van der Waals surface area (Å²) in [5.41, 5.74) is 3.22. The van der Waals surface area contributed by atoms with Gasteiger partial charge in [-0.15, -0.1) is 0 Å². The quantitative estimate of drug-likeness (QED) is 0.114. The fourth-order valence-electron chi connectivity index (χ4n) is 5.13. The van der Waals surface area contributed by atoms with Crippen LogP contribution in [0.2, 0.25) is 5.02 Å². The predicted molar refractivity (Wildman–Crippen MR) is 206 cm³/mol. The van der Waals surface area contributed by atoms with Gasteiger partial charge in [0.25, 0.3) is 11.8 Å². The van der Waals surface area contributed by atoms with E-state index in [1.165, 1.54) is 12.1 Å². The first-order chi connectivity index (χ1) is 23.7. The Morgan fingerprint density at radius 2 is 1.56 bits per heavy atom. The number of nitrogens with one attached hydrogen (secondary N) is 5. The number of anilines is 1. The maximum Gasteiger partial charge on any atom is 0.251 e. The maximum atomic E-state index is 13.9.